The van der Waals surface area contributed by atoms with Crippen molar-refractivity contribution in [2.75, 3.05) is 13.2 Å². The van der Waals surface area contributed by atoms with Crippen LogP contribution in [0.15, 0.2) is 53.6 Å². The Morgan fingerprint density at radius 1 is 1.04 bits per heavy atom. The number of para-hydroxylation sites is 2. The molecule has 0 aromatic heterocycles. The van der Waals surface area contributed by atoms with E-state index in [2.05, 4.69) is 10.5 Å². The molecule has 0 bridgehead atoms. The zero-order valence-electron chi connectivity index (χ0n) is 13.1. The first-order valence-electron chi connectivity index (χ1n) is 7.25. The molecule has 2 rings (SSSR count). The van der Waals surface area contributed by atoms with Gasteiger partial charge in [-0.25, -0.2) is 5.43 Å². The van der Waals surface area contributed by atoms with Gasteiger partial charge in [0, 0.05) is 5.56 Å². The van der Waals surface area contributed by atoms with E-state index in [0.29, 0.717) is 22.1 Å². The summed E-state index contributed by atoms with van der Waals surface area (Å²) in [5.41, 5.74) is 7.95. The number of rotatable bonds is 8. The lowest BCUT2D eigenvalue weighted by atomic mass is 10.2. The fourth-order valence-corrected chi connectivity index (χ4v) is 1.97. The summed E-state index contributed by atoms with van der Waals surface area (Å²) in [6.07, 6.45) is 1.39. The largest absolute Gasteiger partial charge is 0.483 e. The standard InChI is InChI=1S/C17H16ClN3O4/c18-13-6-2-4-8-15(13)25-11-17(23)21-20-9-12-5-1-3-7-14(12)24-10-16(19)22/h1-9H,10-11H2,(H2,19,22)(H,21,23). The number of nitrogens with one attached hydrogen (secondary N) is 1. The van der Waals surface area contributed by atoms with Gasteiger partial charge in [0.25, 0.3) is 11.8 Å². The number of halogens is 1. The summed E-state index contributed by atoms with van der Waals surface area (Å²) in [5, 5.41) is 4.25. The number of hydrazone groups is 1. The fourth-order valence-electron chi connectivity index (χ4n) is 1.78. The van der Waals surface area contributed by atoms with E-state index in [1.807, 2.05) is 0 Å². The molecule has 0 aliphatic rings. The third kappa shape index (κ3) is 6.15. The molecule has 0 spiro atoms. The van der Waals surface area contributed by atoms with Crippen LogP contribution >= 0.6 is 11.6 Å². The van der Waals surface area contributed by atoms with Crippen molar-refractivity contribution in [3.05, 3.63) is 59.1 Å². The van der Waals surface area contributed by atoms with Gasteiger partial charge < -0.3 is 15.2 Å². The molecule has 25 heavy (non-hydrogen) atoms. The Morgan fingerprint density at radius 2 is 1.68 bits per heavy atom. The normalized spacial score (nSPS) is 10.4. The maximum absolute atomic E-state index is 11.7. The minimum Gasteiger partial charge on any atom is -0.483 e. The highest BCUT2D eigenvalue weighted by Crippen LogP contribution is 2.22. The lowest BCUT2D eigenvalue weighted by Gasteiger charge is -2.07. The quantitative estimate of drug-likeness (QED) is 0.552. The molecule has 2 amide bonds. The minimum atomic E-state index is -0.586. The minimum absolute atomic E-state index is 0.235. The third-order valence-electron chi connectivity index (χ3n) is 2.88. The van der Waals surface area contributed by atoms with E-state index < -0.39 is 11.8 Å². The second-order valence-electron chi connectivity index (χ2n) is 4.81. The van der Waals surface area contributed by atoms with E-state index >= 15 is 0 Å². The van der Waals surface area contributed by atoms with Gasteiger partial charge in [-0.2, -0.15) is 5.10 Å². The number of nitrogens with zero attached hydrogens (tertiary/aromatic N) is 1. The molecular formula is C17H16ClN3O4. The number of carbonyl (C=O) groups is 2. The Kier molecular flexibility index (Phi) is 6.79. The number of carbonyl (C=O) groups excluding carboxylic acids is 2. The van der Waals surface area contributed by atoms with Crippen LogP contribution < -0.4 is 20.6 Å². The van der Waals surface area contributed by atoms with Crippen LogP contribution in [0.4, 0.5) is 0 Å². The van der Waals surface area contributed by atoms with Crippen LogP contribution in [0.3, 0.4) is 0 Å². The Labute approximate surface area is 149 Å². The molecule has 7 nitrogen and oxygen atoms in total. The molecule has 0 aliphatic heterocycles. The highest BCUT2D eigenvalue weighted by Gasteiger charge is 2.05. The number of hydrogen-bond acceptors (Lipinski definition) is 5. The van der Waals surface area contributed by atoms with E-state index in [4.69, 9.17) is 26.8 Å². The number of benzene rings is 2. The molecule has 0 fully saturated rings. The summed E-state index contributed by atoms with van der Waals surface area (Å²) in [6, 6.07) is 13.7. The summed E-state index contributed by atoms with van der Waals surface area (Å²) in [7, 11) is 0. The van der Waals surface area contributed by atoms with Crippen molar-refractivity contribution < 1.29 is 19.1 Å². The molecule has 0 saturated heterocycles. The molecule has 2 aromatic carbocycles. The van der Waals surface area contributed by atoms with Gasteiger partial charge >= 0.3 is 0 Å². The molecule has 130 valence electrons. The van der Waals surface area contributed by atoms with E-state index in [0.717, 1.165) is 0 Å². The Morgan fingerprint density at radius 3 is 2.40 bits per heavy atom. The number of amides is 2. The van der Waals surface area contributed by atoms with Crippen molar-refractivity contribution in [1.29, 1.82) is 0 Å². The van der Waals surface area contributed by atoms with Crippen molar-refractivity contribution in [1.82, 2.24) is 5.43 Å². The summed E-state index contributed by atoms with van der Waals surface area (Å²) < 4.78 is 10.6. The summed E-state index contributed by atoms with van der Waals surface area (Å²) in [4.78, 5) is 22.5. The zero-order chi connectivity index (χ0) is 18.1. The first-order chi connectivity index (χ1) is 12.1. The molecule has 3 N–H and O–H groups in total. The third-order valence-corrected chi connectivity index (χ3v) is 3.19. The van der Waals surface area contributed by atoms with Crippen LogP contribution in [-0.4, -0.2) is 31.2 Å². The van der Waals surface area contributed by atoms with Gasteiger partial charge in [0.1, 0.15) is 11.5 Å². The maximum atomic E-state index is 11.7. The number of primary amides is 1. The number of hydrogen-bond donors (Lipinski definition) is 2. The smallest absolute Gasteiger partial charge is 0.277 e. The summed E-state index contributed by atoms with van der Waals surface area (Å²) in [5.74, 6) is -0.205. The van der Waals surface area contributed by atoms with Crippen LogP contribution in [0.1, 0.15) is 5.56 Å². The average Bonchev–Trinajstić information content (AvgIpc) is 2.60. The van der Waals surface area contributed by atoms with Crippen LogP contribution in [0, 0.1) is 0 Å². The molecule has 0 atom stereocenters. The summed E-state index contributed by atoms with van der Waals surface area (Å²) in [6.45, 7) is -0.482. The van der Waals surface area contributed by atoms with Gasteiger partial charge in [-0.3, -0.25) is 9.59 Å². The van der Waals surface area contributed by atoms with Crippen LogP contribution in [-0.2, 0) is 9.59 Å². The SMILES string of the molecule is NC(=O)COc1ccccc1C=NNC(=O)COc1ccccc1Cl. The molecule has 0 heterocycles. The van der Waals surface area contributed by atoms with Gasteiger partial charge in [0.15, 0.2) is 13.2 Å². The maximum Gasteiger partial charge on any atom is 0.277 e. The second-order valence-corrected chi connectivity index (χ2v) is 5.21. The number of ether oxygens (including phenoxy) is 2. The van der Waals surface area contributed by atoms with Crippen molar-refractivity contribution >= 4 is 29.6 Å². The second kappa shape index (κ2) is 9.29. The molecule has 0 aliphatic carbocycles. The molecular weight excluding hydrogens is 346 g/mol. The fraction of sp³-hybridized carbons (Fsp3) is 0.118. The lowest BCUT2D eigenvalue weighted by Crippen LogP contribution is -2.24. The van der Waals surface area contributed by atoms with Gasteiger partial charge in [0.2, 0.25) is 0 Å². The highest BCUT2D eigenvalue weighted by atomic mass is 35.5. The lowest BCUT2D eigenvalue weighted by molar-refractivity contribution is -0.123. The van der Waals surface area contributed by atoms with E-state index in [1.54, 1.807) is 48.5 Å². The Hall–Kier alpha value is -3.06. The van der Waals surface area contributed by atoms with Crippen molar-refractivity contribution in [2.24, 2.45) is 10.8 Å². The van der Waals surface area contributed by atoms with Crippen molar-refractivity contribution in [2.45, 2.75) is 0 Å². The zero-order valence-corrected chi connectivity index (χ0v) is 13.9. The van der Waals surface area contributed by atoms with E-state index in [1.165, 1.54) is 6.21 Å². The van der Waals surface area contributed by atoms with Crippen LogP contribution in [0.25, 0.3) is 0 Å². The molecule has 0 radical (unpaired) electrons. The Bertz CT molecular complexity index is 780. The van der Waals surface area contributed by atoms with E-state index in [-0.39, 0.29) is 13.2 Å². The molecule has 2 aromatic rings. The van der Waals surface area contributed by atoms with Gasteiger partial charge in [-0.05, 0) is 24.3 Å². The molecule has 0 saturated carbocycles. The molecule has 8 heteroatoms. The number of nitrogens with two attached hydrogens (primary N) is 1. The predicted octanol–water partition coefficient (Wildman–Crippen LogP) is 1.73. The average molecular weight is 362 g/mol. The monoisotopic (exact) mass is 361 g/mol. The van der Waals surface area contributed by atoms with Gasteiger partial charge in [-0.15, -0.1) is 0 Å². The van der Waals surface area contributed by atoms with Gasteiger partial charge in [0.05, 0.1) is 11.2 Å². The van der Waals surface area contributed by atoms with Crippen molar-refractivity contribution in [3.63, 3.8) is 0 Å². The van der Waals surface area contributed by atoms with Crippen molar-refractivity contribution in [3.8, 4) is 11.5 Å². The van der Waals surface area contributed by atoms with Crippen LogP contribution in [0.2, 0.25) is 5.02 Å². The first kappa shape index (κ1) is 18.3. The van der Waals surface area contributed by atoms with Gasteiger partial charge in [-0.1, -0.05) is 35.9 Å². The Balaban J connectivity index is 1.87. The topological polar surface area (TPSA) is 103 Å². The van der Waals surface area contributed by atoms with Crippen LogP contribution in [0.5, 0.6) is 11.5 Å². The first-order valence-corrected chi connectivity index (χ1v) is 7.63. The van der Waals surface area contributed by atoms with E-state index in [9.17, 15) is 9.59 Å². The molecule has 0 unspecified atom stereocenters. The summed E-state index contributed by atoms with van der Waals surface area (Å²) >= 11 is 5.93. The highest BCUT2D eigenvalue weighted by molar-refractivity contribution is 6.32. The predicted molar refractivity (Wildman–Crippen MR) is 93.8 cm³/mol.